The Morgan fingerprint density at radius 3 is 2.84 bits per heavy atom. The Balaban J connectivity index is 1.49. The lowest BCUT2D eigenvalue weighted by atomic mass is 9.93. The van der Waals surface area contributed by atoms with Crippen molar-refractivity contribution in [3.63, 3.8) is 0 Å². The van der Waals surface area contributed by atoms with Crippen molar-refractivity contribution < 1.29 is 14.3 Å². The summed E-state index contributed by atoms with van der Waals surface area (Å²) in [7, 11) is 1.74. The maximum atomic E-state index is 12.4. The predicted molar refractivity (Wildman–Crippen MR) is 95.4 cm³/mol. The lowest BCUT2D eigenvalue weighted by Crippen LogP contribution is -2.44. The average Bonchev–Trinajstić information content (AvgIpc) is 3.27. The molecular weight excluding hydrogens is 318 g/mol. The molecule has 0 aromatic carbocycles. The summed E-state index contributed by atoms with van der Waals surface area (Å²) in [5.41, 5.74) is 1.22. The molecule has 0 aliphatic carbocycles. The first kappa shape index (κ1) is 18.4. The maximum absolute atomic E-state index is 12.4. The van der Waals surface area contributed by atoms with Crippen molar-refractivity contribution in [2.24, 2.45) is 5.92 Å². The number of aromatic nitrogens is 2. The second-order valence-corrected chi connectivity index (χ2v) is 7.29. The molecule has 6 nitrogen and oxygen atoms in total. The highest BCUT2D eigenvalue weighted by molar-refractivity contribution is 5.81. The van der Waals surface area contributed by atoms with Crippen molar-refractivity contribution in [1.82, 2.24) is 14.5 Å². The minimum atomic E-state index is -0.182. The van der Waals surface area contributed by atoms with Crippen molar-refractivity contribution in [1.29, 1.82) is 0 Å². The Labute approximate surface area is 150 Å². The van der Waals surface area contributed by atoms with Gasteiger partial charge in [-0.1, -0.05) is 0 Å². The molecule has 2 fully saturated rings. The van der Waals surface area contributed by atoms with E-state index in [2.05, 4.69) is 16.5 Å². The SMILES string of the molecule is COCCCn1c(C)cnc1CC1CCN(C(=O)C2CCCO2)CC1. The molecule has 0 bridgehead atoms. The monoisotopic (exact) mass is 349 g/mol. The van der Waals surface area contributed by atoms with E-state index in [-0.39, 0.29) is 12.0 Å². The van der Waals surface area contributed by atoms with E-state index >= 15 is 0 Å². The van der Waals surface area contributed by atoms with Crippen LogP contribution in [0.4, 0.5) is 0 Å². The lowest BCUT2D eigenvalue weighted by Gasteiger charge is -2.33. The number of rotatable bonds is 7. The molecule has 0 saturated carbocycles. The number of piperidine rings is 1. The third kappa shape index (κ3) is 4.61. The van der Waals surface area contributed by atoms with Gasteiger partial charge in [-0.05, 0) is 44.9 Å². The summed E-state index contributed by atoms with van der Waals surface area (Å²) in [6.07, 6.45) is 7.81. The van der Waals surface area contributed by atoms with E-state index in [9.17, 15) is 4.79 Å². The molecule has 2 aliphatic heterocycles. The van der Waals surface area contributed by atoms with Gasteiger partial charge in [-0.25, -0.2) is 4.98 Å². The van der Waals surface area contributed by atoms with Gasteiger partial charge in [-0.2, -0.15) is 0 Å². The number of ether oxygens (including phenoxy) is 2. The Hall–Kier alpha value is -1.40. The maximum Gasteiger partial charge on any atom is 0.251 e. The number of nitrogens with zero attached hydrogens (tertiary/aromatic N) is 3. The van der Waals surface area contributed by atoms with Crippen LogP contribution in [0, 0.1) is 12.8 Å². The van der Waals surface area contributed by atoms with Gasteiger partial charge in [0.15, 0.2) is 0 Å². The molecule has 1 aromatic rings. The highest BCUT2D eigenvalue weighted by Crippen LogP contribution is 2.24. The summed E-state index contributed by atoms with van der Waals surface area (Å²) in [6.45, 7) is 6.30. The molecule has 0 N–H and O–H groups in total. The standard InChI is InChI=1S/C19H31N3O3/c1-15-14-20-18(22(15)8-4-11-24-2)13-16-6-9-21(10-7-16)19(23)17-5-3-12-25-17/h14,16-17H,3-13H2,1-2H3. The van der Waals surface area contributed by atoms with Crippen LogP contribution in [0.1, 0.15) is 43.6 Å². The second kappa shape index (κ2) is 8.81. The van der Waals surface area contributed by atoms with Crippen LogP contribution in [0.25, 0.3) is 0 Å². The molecule has 6 heteroatoms. The second-order valence-electron chi connectivity index (χ2n) is 7.29. The molecule has 25 heavy (non-hydrogen) atoms. The summed E-state index contributed by atoms with van der Waals surface area (Å²) in [6, 6.07) is 0. The minimum Gasteiger partial charge on any atom is -0.385 e. The zero-order valence-corrected chi connectivity index (χ0v) is 15.6. The molecule has 0 radical (unpaired) electrons. The highest BCUT2D eigenvalue weighted by atomic mass is 16.5. The molecule has 140 valence electrons. The van der Waals surface area contributed by atoms with Gasteiger partial charge in [0.2, 0.25) is 0 Å². The van der Waals surface area contributed by atoms with Crippen molar-refractivity contribution in [2.75, 3.05) is 33.4 Å². The number of carbonyl (C=O) groups excluding carboxylic acids is 1. The van der Waals surface area contributed by atoms with Crippen LogP contribution >= 0.6 is 0 Å². The van der Waals surface area contributed by atoms with E-state index in [1.807, 2.05) is 11.1 Å². The number of likely N-dealkylation sites (tertiary alicyclic amines) is 1. The fourth-order valence-corrected chi connectivity index (χ4v) is 3.94. The Morgan fingerprint density at radius 2 is 2.16 bits per heavy atom. The Kier molecular flexibility index (Phi) is 6.48. The van der Waals surface area contributed by atoms with Crippen LogP contribution in [-0.4, -0.2) is 59.9 Å². The molecule has 1 amide bonds. The number of imidazole rings is 1. The van der Waals surface area contributed by atoms with Gasteiger partial charge < -0.3 is 18.9 Å². The topological polar surface area (TPSA) is 56.6 Å². The zero-order valence-electron chi connectivity index (χ0n) is 15.6. The molecule has 1 unspecified atom stereocenters. The van der Waals surface area contributed by atoms with Crippen LogP contribution in [0.5, 0.6) is 0 Å². The zero-order chi connectivity index (χ0) is 17.6. The number of amides is 1. The van der Waals surface area contributed by atoms with Crippen LogP contribution < -0.4 is 0 Å². The quantitative estimate of drug-likeness (QED) is 0.708. The summed E-state index contributed by atoms with van der Waals surface area (Å²) in [5, 5.41) is 0. The number of aryl methyl sites for hydroxylation is 1. The van der Waals surface area contributed by atoms with Crippen LogP contribution in [0.2, 0.25) is 0 Å². The van der Waals surface area contributed by atoms with E-state index in [4.69, 9.17) is 9.47 Å². The highest BCUT2D eigenvalue weighted by Gasteiger charge is 2.31. The van der Waals surface area contributed by atoms with Gasteiger partial charge in [-0.3, -0.25) is 4.79 Å². The predicted octanol–water partition coefficient (Wildman–Crippen LogP) is 2.19. The molecule has 0 spiro atoms. The fourth-order valence-electron chi connectivity index (χ4n) is 3.94. The Bertz CT molecular complexity index is 558. The van der Waals surface area contributed by atoms with Crippen LogP contribution in [-0.2, 0) is 27.2 Å². The third-order valence-corrected chi connectivity index (χ3v) is 5.47. The largest absolute Gasteiger partial charge is 0.385 e. The number of carbonyl (C=O) groups is 1. The van der Waals surface area contributed by atoms with Gasteiger partial charge in [0.1, 0.15) is 11.9 Å². The fraction of sp³-hybridized carbons (Fsp3) is 0.789. The summed E-state index contributed by atoms with van der Waals surface area (Å²) in [4.78, 5) is 19.1. The van der Waals surface area contributed by atoms with E-state index < -0.39 is 0 Å². The Morgan fingerprint density at radius 1 is 1.36 bits per heavy atom. The van der Waals surface area contributed by atoms with Gasteiger partial charge >= 0.3 is 0 Å². The smallest absolute Gasteiger partial charge is 0.251 e. The molecular formula is C19H31N3O3. The molecule has 2 saturated heterocycles. The van der Waals surface area contributed by atoms with Gasteiger partial charge in [-0.15, -0.1) is 0 Å². The molecule has 1 aromatic heterocycles. The molecule has 2 aliphatic rings. The molecule has 1 atom stereocenters. The van der Waals surface area contributed by atoms with Crippen molar-refractivity contribution >= 4 is 5.91 Å². The van der Waals surface area contributed by atoms with E-state index in [0.717, 1.165) is 71.4 Å². The summed E-state index contributed by atoms with van der Waals surface area (Å²) >= 11 is 0. The normalized spacial score (nSPS) is 21.8. The van der Waals surface area contributed by atoms with Crippen molar-refractivity contribution in [3.8, 4) is 0 Å². The molecule has 3 heterocycles. The third-order valence-electron chi connectivity index (χ3n) is 5.47. The van der Waals surface area contributed by atoms with E-state index in [0.29, 0.717) is 5.92 Å². The average molecular weight is 349 g/mol. The van der Waals surface area contributed by atoms with Gasteiger partial charge in [0.05, 0.1) is 0 Å². The first-order chi connectivity index (χ1) is 12.2. The first-order valence-corrected chi connectivity index (χ1v) is 9.59. The number of methoxy groups -OCH3 is 1. The summed E-state index contributed by atoms with van der Waals surface area (Å²) in [5.74, 6) is 1.99. The van der Waals surface area contributed by atoms with Crippen molar-refractivity contribution in [2.45, 2.75) is 58.1 Å². The van der Waals surface area contributed by atoms with Crippen LogP contribution in [0.3, 0.4) is 0 Å². The van der Waals surface area contributed by atoms with Gasteiger partial charge in [0.25, 0.3) is 5.91 Å². The van der Waals surface area contributed by atoms with E-state index in [1.165, 1.54) is 11.5 Å². The first-order valence-electron chi connectivity index (χ1n) is 9.59. The summed E-state index contributed by atoms with van der Waals surface area (Å²) < 4.78 is 13.0. The van der Waals surface area contributed by atoms with Gasteiger partial charge in [0, 0.05) is 58.3 Å². The van der Waals surface area contributed by atoms with Crippen molar-refractivity contribution in [3.05, 3.63) is 17.7 Å². The molecule has 3 rings (SSSR count). The number of hydrogen-bond acceptors (Lipinski definition) is 4. The number of hydrogen-bond donors (Lipinski definition) is 0. The van der Waals surface area contributed by atoms with E-state index in [1.54, 1.807) is 7.11 Å². The minimum absolute atomic E-state index is 0.182. The lowest BCUT2D eigenvalue weighted by molar-refractivity contribution is -0.142. The van der Waals surface area contributed by atoms with Crippen LogP contribution in [0.15, 0.2) is 6.20 Å².